The highest BCUT2D eigenvalue weighted by Crippen LogP contribution is 2.28. The van der Waals surface area contributed by atoms with Crippen molar-refractivity contribution in [3.63, 3.8) is 0 Å². The van der Waals surface area contributed by atoms with E-state index in [1.807, 2.05) is 38.2 Å². The van der Waals surface area contributed by atoms with E-state index < -0.39 is 0 Å². The zero-order chi connectivity index (χ0) is 14.5. The number of ether oxygens (including phenoxy) is 1. The van der Waals surface area contributed by atoms with Gasteiger partial charge in [-0.1, -0.05) is 24.3 Å². The maximum absolute atomic E-state index is 13.2. The number of likely N-dealkylation sites (N-methyl/N-ethyl adjacent to an activating group) is 1. The van der Waals surface area contributed by atoms with Crippen LogP contribution in [0.15, 0.2) is 42.5 Å². The van der Waals surface area contributed by atoms with Crippen molar-refractivity contribution in [2.45, 2.75) is 19.4 Å². The molecule has 1 unspecified atom stereocenters. The molecule has 0 aliphatic heterocycles. The van der Waals surface area contributed by atoms with Crippen LogP contribution in [0.25, 0.3) is 0 Å². The smallest absolute Gasteiger partial charge is 0.123 e. The van der Waals surface area contributed by atoms with Crippen LogP contribution in [0.2, 0.25) is 0 Å². The lowest BCUT2D eigenvalue weighted by Gasteiger charge is -2.20. The van der Waals surface area contributed by atoms with Crippen LogP contribution < -0.4 is 10.1 Å². The number of aryl methyl sites for hydroxylation is 1. The Morgan fingerprint density at radius 3 is 2.60 bits per heavy atom. The molecule has 1 atom stereocenters. The molecule has 0 aromatic heterocycles. The van der Waals surface area contributed by atoms with Gasteiger partial charge >= 0.3 is 0 Å². The summed E-state index contributed by atoms with van der Waals surface area (Å²) in [4.78, 5) is 0. The van der Waals surface area contributed by atoms with Crippen molar-refractivity contribution in [2.24, 2.45) is 0 Å². The third-order valence-electron chi connectivity index (χ3n) is 3.59. The molecule has 2 aromatic carbocycles. The summed E-state index contributed by atoms with van der Waals surface area (Å²) in [6, 6.07) is 13.0. The first kappa shape index (κ1) is 14.5. The molecule has 0 amide bonds. The number of para-hydroxylation sites is 1. The van der Waals surface area contributed by atoms with Crippen LogP contribution in [-0.2, 0) is 6.42 Å². The van der Waals surface area contributed by atoms with Gasteiger partial charge in [0, 0.05) is 11.6 Å². The van der Waals surface area contributed by atoms with E-state index in [1.54, 1.807) is 13.2 Å². The minimum Gasteiger partial charge on any atom is -0.496 e. The number of hydrogen-bond acceptors (Lipinski definition) is 2. The summed E-state index contributed by atoms with van der Waals surface area (Å²) in [6.45, 7) is 1.94. The maximum atomic E-state index is 13.2. The first-order chi connectivity index (χ1) is 9.65. The quantitative estimate of drug-likeness (QED) is 0.898. The van der Waals surface area contributed by atoms with E-state index in [2.05, 4.69) is 11.4 Å². The number of rotatable bonds is 5. The summed E-state index contributed by atoms with van der Waals surface area (Å²) >= 11 is 0. The van der Waals surface area contributed by atoms with Crippen molar-refractivity contribution < 1.29 is 9.13 Å². The van der Waals surface area contributed by atoms with Gasteiger partial charge in [0.25, 0.3) is 0 Å². The highest BCUT2D eigenvalue weighted by Gasteiger charge is 2.15. The molecule has 0 saturated heterocycles. The van der Waals surface area contributed by atoms with Crippen LogP contribution in [0, 0.1) is 12.7 Å². The lowest BCUT2D eigenvalue weighted by molar-refractivity contribution is 0.401. The molecule has 2 nitrogen and oxygen atoms in total. The molecule has 20 heavy (non-hydrogen) atoms. The predicted molar refractivity (Wildman–Crippen MR) is 79.6 cm³/mol. The third-order valence-corrected chi connectivity index (χ3v) is 3.59. The van der Waals surface area contributed by atoms with Crippen LogP contribution in [0.1, 0.15) is 22.7 Å². The zero-order valence-corrected chi connectivity index (χ0v) is 12.1. The fraction of sp³-hybridized carbons (Fsp3) is 0.294. The molecule has 106 valence electrons. The average Bonchev–Trinajstić information content (AvgIpc) is 2.46. The van der Waals surface area contributed by atoms with E-state index in [0.29, 0.717) is 0 Å². The van der Waals surface area contributed by atoms with Crippen LogP contribution in [0.5, 0.6) is 5.75 Å². The highest BCUT2D eigenvalue weighted by atomic mass is 19.1. The summed E-state index contributed by atoms with van der Waals surface area (Å²) in [5.41, 5.74) is 3.22. The highest BCUT2D eigenvalue weighted by molar-refractivity contribution is 5.38. The number of nitrogens with one attached hydrogen (secondary N) is 1. The third kappa shape index (κ3) is 3.17. The molecule has 0 aliphatic carbocycles. The largest absolute Gasteiger partial charge is 0.496 e. The van der Waals surface area contributed by atoms with Crippen LogP contribution in [0.4, 0.5) is 4.39 Å². The van der Waals surface area contributed by atoms with Gasteiger partial charge in [0.1, 0.15) is 11.6 Å². The molecule has 2 aromatic rings. The average molecular weight is 273 g/mol. The van der Waals surface area contributed by atoms with Gasteiger partial charge in [-0.25, -0.2) is 4.39 Å². The van der Waals surface area contributed by atoms with E-state index in [4.69, 9.17) is 4.74 Å². The second kappa shape index (κ2) is 6.53. The van der Waals surface area contributed by atoms with Gasteiger partial charge in [-0.3, -0.25) is 0 Å². The lowest BCUT2D eigenvalue weighted by atomic mass is 9.95. The molecule has 1 N–H and O–H groups in total. The Labute approximate surface area is 119 Å². The SMILES string of the molecule is CNC(Cc1ccc(F)cc1C)c1ccccc1OC. The molecular formula is C17H20FNO. The Morgan fingerprint density at radius 2 is 1.95 bits per heavy atom. The van der Waals surface area contributed by atoms with Crippen molar-refractivity contribution >= 4 is 0 Å². The monoisotopic (exact) mass is 273 g/mol. The van der Waals surface area contributed by atoms with Crippen molar-refractivity contribution in [2.75, 3.05) is 14.2 Å². The van der Waals surface area contributed by atoms with Gasteiger partial charge in [0.05, 0.1) is 7.11 Å². The summed E-state index contributed by atoms with van der Waals surface area (Å²) < 4.78 is 18.6. The summed E-state index contributed by atoms with van der Waals surface area (Å²) in [5.74, 6) is 0.677. The Morgan fingerprint density at radius 1 is 1.20 bits per heavy atom. The molecule has 0 aliphatic rings. The Kier molecular flexibility index (Phi) is 4.74. The second-order valence-corrected chi connectivity index (χ2v) is 4.86. The molecule has 0 fully saturated rings. The van der Waals surface area contributed by atoms with E-state index in [9.17, 15) is 4.39 Å². The molecule has 0 spiro atoms. The van der Waals surface area contributed by atoms with Crippen molar-refractivity contribution in [1.82, 2.24) is 5.32 Å². The van der Waals surface area contributed by atoms with Crippen LogP contribution in [-0.4, -0.2) is 14.2 Å². The summed E-state index contributed by atoms with van der Waals surface area (Å²) in [5, 5.41) is 3.31. The minimum atomic E-state index is -0.190. The fourth-order valence-electron chi connectivity index (χ4n) is 2.43. The zero-order valence-electron chi connectivity index (χ0n) is 12.1. The predicted octanol–water partition coefficient (Wildman–Crippen LogP) is 3.65. The van der Waals surface area contributed by atoms with Gasteiger partial charge in [0.2, 0.25) is 0 Å². The summed E-state index contributed by atoms with van der Waals surface area (Å²) in [6.07, 6.45) is 0.795. The van der Waals surface area contributed by atoms with Gasteiger partial charge in [-0.15, -0.1) is 0 Å². The maximum Gasteiger partial charge on any atom is 0.123 e. The van der Waals surface area contributed by atoms with Crippen molar-refractivity contribution in [3.05, 3.63) is 65.0 Å². The normalized spacial score (nSPS) is 12.2. The fourth-order valence-corrected chi connectivity index (χ4v) is 2.43. The second-order valence-electron chi connectivity index (χ2n) is 4.86. The molecular weight excluding hydrogens is 253 g/mol. The molecule has 0 bridgehead atoms. The number of benzene rings is 2. The topological polar surface area (TPSA) is 21.3 Å². The van der Waals surface area contributed by atoms with Gasteiger partial charge in [-0.05, 0) is 49.7 Å². The van der Waals surface area contributed by atoms with E-state index in [-0.39, 0.29) is 11.9 Å². The lowest BCUT2D eigenvalue weighted by Crippen LogP contribution is -2.20. The summed E-state index contributed by atoms with van der Waals surface area (Å²) in [7, 11) is 3.60. The molecule has 0 radical (unpaired) electrons. The van der Waals surface area contributed by atoms with Gasteiger partial charge < -0.3 is 10.1 Å². The van der Waals surface area contributed by atoms with Crippen molar-refractivity contribution in [1.29, 1.82) is 0 Å². The Balaban J connectivity index is 2.29. The van der Waals surface area contributed by atoms with Crippen LogP contribution >= 0.6 is 0 Å². The molecule has 2 rings (SSSR count). The Bertz CT molecular complexity index is 583. The first-order valence-corrected chi connectivity index (χ1v) is 6.71. The van der Waals surface area contributed by atoms with Gasteiger partial charge in [0.15, 0.2) is 0 Å². The van der Waals surface area contributed by atoms with Gasteiger partial charge in [-0.2, -0.15) is 0 Å². The standard InChI is InChI=1S/C17H20FNO/c1-12-10-14(18)9-8-13(12)11-16(19-2)15-6-4-5-7-17(15)20-3/h4-10,16,19H,11H2,1-3H3. The minimum absolute atomic E-state index is 0.135. The van der Waals surface area contributed by atoms with E-state index in [1.165, 1.54) is 6.07 Å². The molecule has 0 saturated carbocycles. The van der Waals surface area contributed by atoms with Crippen molar-refractivity contribution in [3.8, 4) is 5.75 Å². The van der Waals surface area contributed by atoms with Crippen LogP contribution in [0.3, 0.4) is 0 Å². The molecule has 3 heteroatoms. The van der Waals surface area contributed by atoms with E-state index >= 15 is 0 Å². The number of methoxy groups -OCH3 is 1. The number of halogens is 1. The van der Waals surface area contributed by atoms with E-state index in [0.717, 1.165) is 28.9 Å². The number of hydrogen-bond donors (Lipinski definition) is 1. The first-order valence-electron chi connectivity index (χ1n) is 6.71. The molecule has 0 heterocycles. The Hall–Kier alpha value is -1.87.